The molecule has 1 aromatic heterocycles. The van der Waals surface area contributed by atoms with Gasteiger partial charge < -0.3 is 9.84 Å². The summed E-state index contributed by atoms with van der Waals surface area (Å²) in [5.74, 6) is 0.137. The van der Waals surface area contributed by atoms with Gasteiger partial charge in [-0.15, -0.1) is 0 Å². The molecule has 106 valence electrons. The smallest absolute Gasteiger partial charge is 0.310 e. The fraction of sp³-hybridized carbons (Fsp3) is 0.250. The summed E-state index contributed by atoms with van der Waals surface area (Å²) in [6, 6.07) is 6.05. The Hall–Kier alpha value is -1.93. The lowest BCUT2D eigenvalue weighted by molar-refractivity contribution is -0.385. The van der Waals surface area contributed by atoms with E-state index >= 15 is 0 Å². The zero-order chi connectivity index (χ0) is 14.5. The van der Waals surface area contributed by atoms with Crippen molar-refractivity contribution in [2.75, 3.05) is 6.61 Å². The standard InChI is InChI=1S/C12H12BrN3O4/c13-9-5-14-15(6-9)7-10(17)8-20-12-4-2-1-3-11(12)16(18)19/h1-6,10,17H,7-8H2/t10-/m0/s1. The Kier molecular flexibility index (Phi) is 4.70. The van der Waals surface area contributed by atoms with Gasteiger partial charge in [-0.1, -0.05) is 12.1 Å². The van der Waals surface area contributed by atoms with Crippen LogP contribution in [-0.4, -0.2) is 32.5 Å². The summed E-state index contributed by atoms with van der Waals surface area (Å²) in [6.07, 6.45) is 2.51. The van der Waals surface area contributed by atoms with Gasteiger partial charge in [-0.25, -0.2) is 0 Å². The van der Waals surface area contributed by atoms with E-state index < -0.39 is 11.0 Å². The van der Waals surface area contributed by atoms with E-state index in [1.165, 1.54) is 12.1 Å². The van der Waals surface area contributed by atoms with Gasteiger partial charge in [0.15, 0.2) is 5.75 Å². The summed E-state index contributed by atoms with van der Waals surface area (Å²) in [5, 5.41) is 24.6. The Morgan fingerprint density at radius 1 is 1.50 bits per heavy atom. The summed E-state index contributed by atoms with van der Waals surface area (Å²) in [7, 11) is 0. The van der Waals surface area contributed by atoms with E-state index in [0.29, 0.717) is 0 Å². The molecule has 0 aliphatic heterocycles. The van der Waals surface area contributed by atoms with E-state index in [1.54, 1.807) is 29.2 Å². The number of aliphatic hydroxyl groups is 1. The highest BCUT2D eigenvalue weighted by molar-refractivity contribution is 9.10. The van der Waals surface area contributed by atoms with Gasteiger partial charge in [0.1, 0.15) is 12.7 Å². The molecule has 0 amide bonds. The first kappa shape index (κ1) is 14.5. The van der Waals surface area contributed by atoms with E-state index in [-0.39, 0.29) is 24.6 Å². The second kappa shape index (κ2) is 6.49. The molecule has 0 aliphatic rings. The molecule has 1 heterocycles. The predicted molar refractivity (Wildman–Crippen MR) is 74.5 cm³/mol. The fourth-order valence-electron chi connectivity index (χ4n) is 1.62. The van der Waals surface area contributed by atoms with Crippen molar-refractivity contribution >= 4 is 21.6 Å². The molecule has 0 saturated heterocycles. The number of nitro groups is 1. The minimum absolute atomic E-state index is 0.0532. The summed E-state index contributed by atoms with van der Waals surface area (Å²) < 4.78 is 7.66. The van der Waals surface area contributed by atoms with Gasteiger partial charge in [-0.05, 0) is 22.0 Å². The normalized spacial score (nSPS) is 12.1. The van der Waals surface area contributed by atoms with E-state index in [4.69, 9.17) is 4.74 Å². The van der Waals surface area contributed by atoms with Crippen LogP contribution in [0.4, 0.5) is 5.69 Å². The number of aliphatic hydroxyl groups excluding tert-OH is 1. The molecule has 0 bridgehead atoms. The highest BCUT2D eigenvalue weighted by Crippen LogP contribution is 2.25. The first-order valence-corrected chi connectivity index (χ1v) is 6.58. The molecule has 0 aliphatic carbocycles. The molecule has 0 unspecified atom stereocenters. The monoisotopic (exact) mass is 341 g/mol. The maximum Gasteiger partial charge on any atom is 0.310 e. The Morgan fingerprint density at radius 3 is 2.90 bits per heavy atom. The van der Waals surface area contributed by atoms with Crippen molar-refractivity contribution in [2.24, 2.45) is 0 Å². The van der Waals surface area contributed by atoms with Crippen molar-refractivity contribution in [2.45, 2.75) is 12.6 Å². The third-order valence-electron chi connectivity index (χ3n) is 2.49. The van der Waals surface area contributed by atoms with E-state index in [1.807, 2.05) is 0 Å². The molecule has 0 fully saturated rings. The van der Waals surface area contributed by atoms with Crippen LogP contribution in [0.1, 0.15) is 0 Å². The van der Waals surface area contributed by atoms with Gasteiger partial charge in [-0.3, -0.25) is 14.8 Å². The molecular weight excluding hydrogens is 330 g/mol. The van der Waals surface area contributed by atoms with Gasteiger partial charge in [0, 0.05) is 12.3 Å². The minimum Gasteiger partial charge on any atom is -0.484 e. The Morgan fingerprint density at radius 2 is 2.25 bits per heavy atom. The van der Waals surface area contributed by atoms with Gasteiger partial charge in [0.05, 0.1) is 22.1 Å². The molecule has 20 heavy (non-hydrogen) atoms. The van der Waals surface area contributed by atoms with Crippen LogP contribution in [-0.2, 0) is 6.54 Å². The van der Waals surface area contributed by atoms with Gasteiger partial charge in [-0.2, -0.15) is 5.10 Å². The summed E-state index contributed by atoms with van der Waals surface area (Å²) >= 11 is 3.25. The van der Waals surface area contributed by atoms with Gasteiger partial charge >= 0.3 is 5.69 Å². The fourth-order valence-corrected chi connectivity index (χ4v) is 1.95. The van der Waals surface area contributed by atoms with Crippen molar-refractivity contribution in [1.29, 1.82) is 0 Å². The molecule has 0 saturated carbocycles. The number of benzene rings is 1. The summed E-state index contributed by atoms with van der Waals surface area (Å²) in [5.41, 5.74) is -0.124. The number of aromatic nitrogens is 2. The maximum absolute atomic E-state index is 10.8. The zero-order valence-corrected chi connectivity index (χ0v) is 11.9. The van der Waals surface area contributed by atoms with Crippen molar-refractivity contribution < 1.29 is 14.8 Å². The van der Waals surface area contributed by atoms with Crippen molar-refractivity contribution in [1.82, 2.24) is 9.78 Å². The van der Waals surface area contributed by atoms with Crippen LogP contribution in [0.5, 0.6) is 5.75 Å². The second-order valence-electron chi connectivity index (χ2n) is 4.07. The van der Waals surface area contributed by atoms with Crippen LogP contribution in [0.15, 0.2) is 41.1 Å². The molecule has 8 heteroatoms. The quantitative estimate of drug-likeness (QED) is 0.640. The van der Waals surface area contributed by atoms with Gasteiger partial charge in [0.25, 0.3) is 0 Å². The molecule has 2 rings (SSSR count). The Bertz CT molecular complexity index is 602. The van der Waals surface area contributed by atoms with Crippen LogP contribution in [0.2, 0.25) is 0 Å². The van der Waals surface area contributed by atoms with Crippen LogP contribution < -0.4 is 4.74 Å². The molecule has 0 spiro atoms. The summed E-state index contributed by atoms with van der Waals surface area (Å²) in [4.78, 5) is 10.3. The first-order chi connectivity index (χ1) is 9.56. The van der Waals surface area contributed by atoms with Crippen molar-refractivity contribution in [3.8, 4) is 5.75 Å². The van der Waals surface area contributed by atoms with Crippen LogP contribution in [0.25, 0.3) is 0 Å². The number of nitro benzene ring substituents is 1. The average Bonchev–Trinajstić information content (AvgIpc) is 2.82. The average molecular weight is 342 g/mol. The van der Waals surface area contributed by atoms with E-state index in [2.05, 4.69) is 21.0 Å². The third kappa shape index (κ3) is 3.78. The number of hydrogen-bond acceptors (Lipinski definition) is 5. The summed E-state index contributed by atoms with van der Waals surface area (Å²) in [6.45, 7) is 0.189. The number of para-hydroxylation sites is 2. The van der Waals surface area contributed by atoms with Crippen molar-refractivity contribution in [3.63, 3.8) is 0 Å². The Balaban J connectivity index is 1.93. The lowest BCUT2D eigenvalue weighted by Gasteiger charge is -2.12. The minimum atomic E-state index is -0.818. The largest absolute Gasteiger partial charge is 0.484 e. The SMILES string of the molecule is O=[N+]([O-])c1ccccc1OC[C@@H](O)Cn1cc(Br)cn1. The highest BCUT2D eigenvalue weighted by atomic mass is 79.9. The van der Waals surface area contributed by atoms with Crippen LogP contribution >= 0.6 is 15.9 Å². The topological polar surface area (TPSA) is 90.4 Å². The Labute approximate surface area is 123 Å². The lowest BCUT2D eigenvalue weighted by Crippen LogP contribution is -2.24. The lowest BCUT2D eigenvalue weighted by atomic mass is 10.3. The first-order valence-electron chi connectivity index (χ1n) is 5.78. The van der Waals surface area contributed by atoms with Crippen molar-refractivity contribution in [3.05, 3.63) is 51.2 Å². The van der Waals surface area contributed by atoms with E-state index in [9.17, 15) is 15.2 Å². The van der Waals surface area contributed by atoms with Crippen LogP contribution in [0.3, 0.4) is 0 Å². The molecule has 1 atom stereocenters. The third-order valence-corrected chi connectivity index (χ3v) is 2.90. The molecule has 1 aromatic carbocycles. The molecule has 1 N–H and O–H groups in total. The predicted octanol–water partition coefficient (Wildman–Crippen LogP) is 1.99. The molecule has 0 radical (unpaired) electrons. The second-order valence-corrected chi connectivity index (χ2v) is 4.99. The number of nitrogens with zero attached hydrogens (tertiary/aromatic N) is 3. The maximum atomic E-state index is 10.8. The van der Waals surface area contributed by atoms with Gasteiger partial charge in [0.2, 0.25) is 0 Å². The molecule has 7 nitrogen and oxygen atoms in total. The highest BCUT2D eigenvalue weighted by Gasteiger charge is 2.15. The van der Waals surface area contributed by atoms with Crippen LogP contribution in [0, 0.1) is 10.1 Å². The number of rotatable bonds is 6. The number of hydrogen-bond donors (Lipinski definition) is 1. The van der Waals surface area contributed by atoms with E-state index in [0.717, 1.165) is 4.47 Å². The molecule has 2 aromatic rings. The number of halogens is 1. The molecular formula is C12H12BrN3O4. The number of ether oxygens (including phenoxy) is 1. The zero-order valence-electron chi connectivity index (χ0n) is 10.3.